The van der Waals surface area contributed by atoms with E-state index < -0.39 is 0 Å². The number of hydrogen-bond acceptors (Lipinski definition) is 8. The third-order valence-corrected chi connectivity index (χ3v) is 4.48. The van der Waals surface area contributed by atoms with E-state index in [4.69, 9.17) is 20.6 Å². The van der Waals surface area contributed by atoms with E-state index in [0.717, 1.165) is 6.21 Å². The lowest BCUT2D eigenvalue weighted by Crippen LogP contribution is -2.43. The zero-order valence-electron chi connectivity index (χ0n) is 19.1. The number of ether oxygens (including phenoxy) is 2. The maximum Gasteiger partial charge on any atom is 0.258 e. The number of aromatic nitrogens is 2. The summed E-state index contributed by atoms with van der Waals surface area (Å²) in [6.45, 7) is 5.63. The highest BCUT2D eigenvalue weighted by Gasteiger charge is 2.16. The van der Waals surface area contributed by atoms with Gasteiger partial charge in [0.25, 0.3) is 5.91 Å². The van der Waals surface area contributed by atoms with Crippen LogP contribution >= 0.6 is 0 Å². The van der Waals surface area contributed by atoms with Crippen LogP contribution < -0.4 is 25.8 Å². The maximum absolute atomic E-state index is 12.1. The quantitative estimate of drug-likeness (QED) is 0.388. The molecule has 0 aliphatic rings. The molecule has 1 amide bonds. The Hall–Kier alpha value is -4.14. The molecule has 3 rings (SSSR count). The average molecular weight is 449 g/mol. The molecule has 0 aliphatic heterocycles. The van der Waals surface area contributed by atoms with E-state index >= 15 is 0 Å². The van der Waals surface area contributed by atoms with Gasteiger partial charge in [-0.15, -0.1) is 0 Å². The van der Waals surface area contributed by atoms with Gasteiger partial charge in [-0.3, -0.25) is 4.79 Å². The van der Waals surface area contributed by atoms with Crippen LogP contribution in [0.25, 0.3) is 22.3 Å². The first-order valence-electron chi connectivity index (χ1n) is 10.3. The Morgan fingerprint density at radius 2 is 1.94 bits per heavy atom. The smallest absolute Gasteiger partial charge is 0.258 e. The van der Waals surface area contributed by atoms with Gasteiger partial charge in [0.2, 0.25) is 0 Å². The number of anilines is 1. The fourth-order valence-electron chi connectivity index (χ4n) is 3.13. The summed E-state index contributed by atoms with van der Waals surface area (Å²) in [7, 11) is 1.57. The number of fused-ring (bicyclic) bond motifs is 1. The van der Waals surface area contributed by atoms with Crippen molar-refractivity contribution in [2.45, 2.75) is 26.3 Å². The summed E-state index contributed by atoms with van der Waals surface area (Å²) in [6, 6.07) is 12.7. The number of methoxy groups -OCH3 is 1. The topological polar surface area (TPSA) is 135 Å². The highest BCUT2D eigenvalue weighted by atomic mass is 16.5. The van der Waals surface area contributed by atoms with Crippen LogP contribution in [0.4, 0.5) is 5.82 Å². The van der Waals surface area contributed by atoms with Gasteiger partial charge in [0.05, 0.1) is 23.7 Å². The minimum atomic E-state index is -0.334. The van der Waals surface area contributed by atoms with E-state index in [0.29, 0.717) is 45.3 Å². The van der Waals surface area contributed by atoms with Crippen LogP contribution in [-0.2, 0) is 4.79 Å². The third kappa shape index (κ3) is 5.97. The first-order chi connectivity index (χ1) is 15.7. The van der Waals surface area contributed by atoms with Crippen molar-refractivity contribution >= 4 is 28.8 Å². The van der Waals surface area contributed by atoms with Crippen LogP contribution in [0, 0.1) is 5.41 Å². The number of carbonyl (C=O) groups is 1. The number of carbonyl (C=O) groups excluding carboxylic acids is 1. The summed E-state index contributed by atoms with van der Waals surface area (Å²) >= 11 is 0. The number of allylic oxidation sites excluding steroid dienone is 1. The summed E-state index contributed by atoms with van der Waals surface area (Å²) in [6.07, 6.45) is 2.38. The highest BCUT2D eigenvalue weighted by Crippen LogP contribution is 2.33. The molecule has 0 fully saturated rings. The van der Waals surface area contributed by atoms with Crippen molar-refractivity contribution in [3.05, 3.63) is 54.4 Å². The van der Waals surface area contributed by atoms with Crippen molar-refractivity contribution in [3.8, 4) is 22.9 Å². The van der Waals surface area contributed by atoms with Crippen LogP contribution in [0.5, 0.6) is 11.5 Å². The lowest BCUT2D eigenvalue weighted by Gasteiger charge is -2.20. The molecule has 1 aromatic heterocycles. The second-order valence-corrected chi connectivity index (χ2v) is 8.26. The Bertz CT molecular complexity index is 1200. The van der Waals surface area contributed by atoms with Gasteiger partial charge >= 0.3 is 0 Å². The van der Waals surface area contributed by atoms with Crippen molar-refractivity contribution in [1.29, 1.82) is 5.41 Å². The van der Waals surface area contributed by atoms with Crippen LogP contribution in [0.1, 0.15) is 20.8 Å². The molecule has 3 aromatic rings. The number of nitrogens with one attached hydrogen (secondary N) is 3. The Morgan fingerprint density at radius 3 is 2.61 bits per heavy atom. The SMILES string of the molecule is COc1cccc2nc(-c3cccc(OCC(=O)NC(C)(C)C)c3)nc(N/C(C=N)=C/N)c12. The number of amides is 1. The molecule has 2 aromatic carbocycles. The minimum absolute atomic E-state index is 0.104. The second kappa shape index (κ2) is 9.99. The summed E-state index contributed by atoms with van der Waals surface area (Å²) in [5.74, 6) is 1.78. The van der Waals surface area contributed by atoms with Gasteiger partial charge in [-0.1, -0.05) is 18.2 Å². The normalized spacial score (nSPS) is 11.7. The zero-order valence-corrected chi connectivity index (χ0v) is 19.1. The van der Waals surface area contributed by atoms with Gasteiger partial charge in [0, 0.05) is 23.5 Å². The summed E-state index contributed by atoms with van der Waals surface area (Å²) < 4.78 is 11.2. The molecule has 0 spiro atoms. The van der Waals surface area contributed by atoms with Gasteiger partial charge < -0.3 is 31.3 Å². The standard InChI is InChI=1S/C24H28N6O3/c1-24(2,3)30-20(31)14-33-17-8-5-7-15(11-17)22-28-18-9-6-10-19(32-4)21(18)23(29-22)27-16(12-25)13-26/h5-13,25H,14,26H2,1-4H3,(H,30,31)(H,27,28,29)/b16-13+,25-12?. The Labute approximate surface area is 192 Å². The fourth-order valence-corrected chi connectivity index (χ4v) is 3.13. The largest absolute Gasteiger partial charge is 0.496 e. The molecule has 0 bridgehead atoms. The van der Waals surface area contributed by atoms with Crippen molar-refractivity contribution in [3.63, 3.8) is 0 Å². The van der Waals surface area contributed by atoms with Crippen LogP contribution in [-0.4, -0.2) is 41.3 Å². The van der Waals surface area contributed by atoms with E-state index in [9.17, 15) is 4.79 Å². The van der Waals surface area contributed by atoms with E-state index in [1.807, 2.05) is 45.0 Å². The molecular formula is C24H28N6O3. The predicted molar refractivity (Wildman–Crippen MR) is 130 cm³/mol. The van der Waals surface area contributed by atoms with Crippen molar-refractivity contribution in [2.75, 3.05) is 19.0 Å². The second-order valence-electron chi connectivity index (χ2n) is 8.26. The number of nitrogens with two attached hydrogens (primary N) is 1. The molecule has 9 heteroatoms. The van der Waals surface area contributed by atoms with Gasteiger partial charge in [0.15, 0.2) is 12.4 Å². The number of rotatable bonds is 8. The van der Waals surface area contributed by atoms with Gasteiger partial charge in [-0.2, -0.15) is 0 Å². The van der Waals surface area contributed by atoms with E-state index in [2.05, 4.69) is 20.6 Å². The maximum atomic E-state index is 12.1. The van der Waals surface area contributed by atoms with Gasteiger partial charge in [-0.05, 0) is 45.0 Å². The van der Waals surface area contributed by atoms with Gasteiger partial charge in [-0.25, -0.2) is 9.97 Å². The van der Waals surface area contributed by atoms with Crippen LogP contribution in [0.15, 0.2) is 54.4 Å². The first-order valence-corrected chi connectivity index (χ1v) is 10.3. The minimum Gasteiger partial charge on any atom is -0.496 e. The molecule has 0 aliphatic carbocycles. The number of nitrogens with zero attached hydrogens (tertiary/aromatic N) is 2. The van der Waals surface area contributed by atoms with E-state index in [1.165, 1.54) is 6.20 Å². The molecule has 0 unspecified atom stereocenters. The summed E-state index contributed by atoms with van der Waals surface area (Å²) in [5, 5.41) is 14.1. The molecule has 172 valence electrons. The number of benzene rings is 2. The molecule has 0 atom stereocenters. The Morgan fingerprint density at radius 1 is 1.18 bits per heavy atom. The Balaban J connectivity index is 1.98. The van der Waals surface area contributed by atoms with Crippen molar-refractivity contribution in [2.24, 2.45) is 5.73 Å². The number of hydrogen-bond donors (Lipinski definition) is 4. The summed E-state index contributed by atoms with van der Waals surface area (Å²) in [4.78, 5) is 21.4. The molecule has 1 heterocycles. The molecule has 9 nitrogen and oxygen atoms in total. The van der Waals surface area contributed by atoms with E-state index in [-0.39, 0.29) is 18.1 Å². The van der Waals surface area contributed by atoms with Crippen LogP contribution in [0.3, 0.4) is 0 Å². The molecule has 5 N–H and O–H groups in total. The molecule has 33 heavy (non-hydrogen) atoms. The molecule has 0 saturated carbocycles. The van der Waals surface area contributed by atoms with E-state index in [1.54, 1.807) is 25.3 Å². The Kier molecular flexibility index (Phi) is 7.12. The monoisotopic (exact) mass is 448 g/mol. The lowest BCUT2D eigenvalue weighted by molar-refractivity contribution is -0.124. The third-order valence-electron chi connectivity index (χ3n) is 4.48. The lowest BCUT2D eigenvalue weighted by atomic mass is 10.1. The fraction of sp³-hybridized carbons (Fsp3) is 0.250. The van der Waals surface area contributed by atoms with Crippen LogP contribution in [0.2, 0.25) is 0 Å². The zero-order chi connectivity index (χ0) is 24.0. The average Bonchev–Trinajstić information content (AvgIpc) is 2.79. The predicted octanol–water partition coefficient (Wildman–Crippen LogP) is 3.46. The first kappa shape index (κ1) is 23.5. The summed E-state index contributed by atoms with van der Waals surface area (Å²) in [5.41, 5.74) is 7.00. The highest BCUT2D eigenvalue weighted by molar-refractivity contribution is 5.98. The van der Waals surface area contributed by atoms with Gasteiger partial charge in [0.1, 0.15) is 17.3 Å². The molecule has 0 saturated heterocycles. The molecular weight excluding hydrogens is 420 g/mol. The van der Waals surface area contributed by atoms with Crippen molar-refractivity contribution < 1.29 is 14.3 Å². The van der Waals surface area contributed by atoms with Crippen molar-refractivity contribution in [1.82, 2.24) is 15.3 Å². The molecule has 0 radical (unpaired) electrons.